The summed E-state index contributed by atoms with van der Waals surface area (Å²) in [5.74, 6) is 0.755. The van der Waals surface area contributed by atoms with Crippen LogP contribution in [0.1, 0.15) is 34.1 Å². The van der Waals surface area contributed by atoms with Gasteiger partial charge in [-0.25, -0.2) is 0 Å². The predicted octanol–water partition coefficient (Wildman–Crippen LogP) is 1.68. The summed E-state index contributed by atoms with van der Waals surface area (Å²) in [5, 5.41) is 3.99. The molecule has 82 valence electrons. The lowest BCUT2D eigenvalue weighted by Crippen LogP contribution is -2.39. The summed E-state index contributed by atoms with van der Waals surface area (Å²) in [4.78, 5) is 18.7. The van der Waals surface area contributed by atoms with Gasteiger partial charge in [0.2, 0.25) is 0 Å². The van der Waals surface area contributed by atoms with Crippen LogP contribution in [-0.4, -0.2) is 28.3 Å². The highest BCUT2D eigenvalue weighted by Gasteiger charge is 2.38. The summed E-state index contributed by atoms with van der Waals surface area (Å²) in [6.07, 6.45) is 2.35. The first-order valence-corrected chi connectivity index (χ1v) is 5.17. The highest BCUT2D eigenvalue weighted by molar-refractivity contribution is 6.06. The first-order valence-electron chi connectivity index (χ1n) is 5.17. The molecule has 1 unspecified atom stereocenters. The normalized spacial score (nSPS) is 28.9. The second-order valence-corrected chi connectivity index (χ2v) is 4.81. The van der Waals surface area contributed by atoms with Crippen molar-refractivity contribution in [2.24, 2.45) is 5.16 Å². The fourth-order valence-corrected chi connectivity index (χ4v) is 1.88. The van der Waals surface area contributed by atoms with E-state index >= 15 is 0 Å². The molecule has 0 aliphatic carbocycles. The van der Waals surface area contributed by atoms with Crippen LogP contribution in [0.5, 0.6) is 0 Å². The van der Waals surface area contributed by atoms with E-state index in [-0.39, 0.29) is 17.6 Å². The smallest absolute Gasteiger partial charge is 0.252 e. The van der Waals surface area contributed by atoms with E-state index in [0.29, 0.717) is 6.42 Å². The van der Waals surface area contributed by atoms with Crippen molar-refractivity contribution in [3.63, 3.8) is 0 Å². The summed E-state index contributed by atoms with van der Waals surface area (Å²) < 4.78 is 0. The van der Waals surface area contributed by atoms with Crippen molar-refractivity contribution in [1.82, 2.24) is 4.90 Å². The van der Waals surface area contributed by atoms with Gasteiger partial charge in [-0.1, -0.05) is 5.16 Å². The summed E-state index contributed by atoms with van der Waals surface area (Å²) in [6, 6.07) is 0.105. The maximum Gasteiger partial charge on any atom is 0.252 e. The van der Waals surface area contributed by atoms with E-state index in [2.05, 4.69) is 5.16 Å². The molecule has 0 aromatic rings. The quantitative estimate of drug-likeness (QED) is 0.607. The van der Waals surface area contributed by atoms with Crippen LogP contribution >= 0.6 is 0 Å². The standard InChI is InChI=1S/C11H16N2O2/c1-7-5-10(14)13(8(7)2)9-6-11(3,4)15-12-9/h5,8H,6H2,1-4H3. The number of amides is 1. The van der Waals surface area contributed by atoms with Crippen LogP contribution < -0.4 is 0 Å². The first-order chi connectivity index (χ1) is 6.91. The molecule has 2 heterocycles. The van der Waals surface area contributed by atoms with E-state index in [4.69, 9.17) is 4.84 Å². The number of hydrogen-bond acceptors (Lipinski definition) is 3. The van der Waals surface area contributed by atoms with Crippen LogP contribution in [0.4, 0.5) is 0 Å². The fourth-order valence-electron chi connectivity index (χ4n) is 1.88. The molecule has 0 saturated heterocycles. The molecule has 15 heavy (non-hydrogen) atoms. The molecule has 0 fully saturated rings. The second kappa shape index (κ2) is 3.08. The molecule has 0 N–H and O–H groups in total. The third-order valence-electron chi connectivity index (χ3n) is 2.89. The van der Waals surface area contributed by atoms with Gasteiger partial charge < -0.3 is 4.84 Å². The van der Waals surface area contributed by atoms with Gasteiger partial charge in [0.05, 0.1) is 12.5 Å². The number of rotatable bonds is 0. The monoisotopic (exact) mass is 208 g/mol. The Morgan fingerprint density at radius 1 is 1.60 bits per heavy atom. The summed E-state index contributed by atoms with van der Waals surface area (Å²) >= 11 is 0. The van der Waals surface area contributed by atoms with Gasteiger partial charge in [-0.3, -0.25) is 9.69 Å². The van der Waals surface area contributed by atoms with Crippen LogP contribution in [0.15, 0.2) is 16.8 Å². The summed E-state index contributed by atoms with van der Waals surface area (Å²) in [6.45, 7) is 7.90. The molecule has 4 heteroatoms. The van der Waals surface area contributed by atoms with Crippen molar-refractivity contribution in [2.75, 3.05) is 0 Å². The van der Waals surface area contributed by atoms with Gasteiger partial charge in [0.25, 0.3) is 5.91 Å². The third-order valence-corrected chi connectivity index (χ3v) is 2.89. The number of nitrogens with zero attached hydrogens (tertiary/aromatic N) is 2. The van der Waals surface area contributed by atoms with E-state index in [1.165, 1.54) is 0 Å². The third kappa shape index (κ3) is 1.64. The zero-order chi connectivity index (χ0) is 11.2. The lowest BCUT2D eigenvalue weighted by molar-refractivity contribution is -0.122. The molecule has 2 rings (SSSR count). The maximum absolute atomic E-state index is 11.7. The average Bonchev–Trinajstić information content (AvgIpc) is 2.56. The van der Waals surface area contributed by atoms with E-state index in [0.717, 1.165) is 11.4 Å². The van der Waals surface area contributed by atoms with Gasteiger partial charge in [-0.2, -0.15) is 0 Å². The van der Waals surface area contributed by atoms with Gasteiger partial charge in [0.1, 0.15) is 5.60 Å². The number of amidine groups is 1. The number of carbonyl (C=O) groups excluding carboxylic acids is 1. The summed E-state index contributed by atoms with van der Waals surface area (Å²) in [7, 11) is 0. The highest BCUT2D eigenvalue weighted by atomic mass is 16.7. The maximum atomic E-state index is 11.7. The van der Waals surface area contributed by atoms with E-state index in [1.807, 2.05) is 27.7 Å². The molecule has 1 amide bonds. The highest BCUT2D eigenvalue weighted by Crippen LogP contribution is 2.28. The Labute approximate surface area is 89.6 Å². The lowest BCUT2D eigenvalue weighted by atomic mass is 10.0. The van der Waals surface area contributed by atoms with Gasteiger partial charge in [-0.15, -0.1) is 0 Å². The molecule has 2 aliphatic rings. The Kier molecular flexibility index (Phi) is 2.10. The average molecular weight is 208 g/mol. The molecule has 0 radical (unpaired) electrons. The minimum Gasteiger partial charge on any atom is -0.388 e. The van der Waals surface area contributed by atoms with Crippen molar-refractivity contribution in [3.05, 3.63) is 11.6 Å². The van der Waals surface area contributed by atoms with Crippen molar-refractivity contribution >= 4 is 11.7 Å². The largest absolute Gasteiger partial charge is 0.388 e. The van der Waals surface area contributed by atoms with Gasteiger partial charge in [0, 0.05) is 6.08 Å². The first kappa shape index (κ1) is 10.2. The van der Waals surface area contributed by atoms with Gasteiger partial charge in [-0.05, 0) is 33.3 Å². The van der Waals surface area contributed by atoms with Crippen LogP contribution in [0, 0.1) is 0 Å². The van der Waals surface area contributed by atoms with Crippen molar-refractivity contribution in [1.29, 1.82) is 0 Å². The number of carbonyl (C=O) groups is 1. The minimum atomic E-state index is -0.286. The molecule has 0 saturated carbocycles. The van der Waals surface area contributed by atoms with Crippen molar-refractivity contribution in [3.8, 4) is 0 Å². The number of oxime groups is 1. The van der Waals surface area contributed by atoms with E-state index in [9.17, 15) is 4.79 Å². The molecule has 4 nitrogen and oxygen atoms in total. The summed E-state index contributed by atoms with van der Waals surface area (Å²) in [5.41, 5.74) is 0.790. The molecular formula is C11H16N2O2. The predicted molar refractivity (Wildman–Crippen MR) is 57.3 cm³/mol. The van der Waals surface area contributed by atoms with Gasteiger partial charge >= 0.3 is 0 Å². The van der Waals surface area contributed by atoms with Crippen LogP contribution in [0.2, 0.25) is 0 Å². The Hall–Kier alpha value is -1.32. The lowest BCUT2D eigenvalue weighted by Gasteiger charge is -2.22. The molecule has 1 atom stereocenters. The van der Waals surface area contributed by atoms with Gasteiger partial charge in [0.15, 0.2) is 5.84 Å². The van der Waals surface area contributed by atoms with Crippen LogP contribution in [-0.2, 0) is 9.63 Å². The van der Waals surface area contributed by atoms with Crippen molar-refractivity contribution in [2.45, 2.75) is 45.8 Å². The molecule has 0 aromatic carbocycles. The topological polar surface area (TPSA) is 41.9 Å². The molecular weight excluding hydrogens is 192 g/mol. The number of hydrogen-bond donors (Lipinski definition) is 0. The Balaban J connectivity index is 2.18. The Bertz CT molecular complexity index is 369. The second-order valence-electron chi connectivity index (χ2n) is 4.81. The molecule has 0 aromatic heterocycles. The van der Waals surface area contributed by atoms with E-state index < -0.39 is 0 Å². The van der Waals surface area contributed by atoms with Crippen LogP contribution in [0.25, 0.3) is 0 Å². The van der Waals surface area contributed by atoms with E-state index in [1.54, 1.807) is 11.0 Å². The SMILES string of the molecule is CC1=CC(=O)N(C2=NOC(C)(C)C2)C1C. The molecule has 0 spiro atoms. The Morgan fingerprint density at radius 3 is 2.67 bits per heavy atom. The molecule has 0 bridgehead atoms. The van der Waals surface area contributed by atoms with Crippen LogP contribution in [0.3, 0.4) is 0 Å². The fraction of sp³-hybridized carbons (Fsp3) is 0.636. The zero-order valence-corrected chi connectivity index (χ0v) is 9.57. The zero-order valence-electron chi connectivity index (χ0n) is 9.57. The Morgan fingerprint density at radius 2 is 2.27 bits per heavy atom. The minimum absolute atomic E-state index is 0.0139. The molecule has 2 aliphatic heterocycles. The van der Waals surface area contributed by atoms with Crippen molar-refractivity contribution < 1.29 is 9.63 Å².